The molecule has 0 saturated heterocycles. The summed E-state index contributed by atoms with van der Waals surface area (Å²) < 4.78 is 17.2. The zero-order valence-corrected chi connectivity index (χ0v) is 36.6. The molecule has 5 nitrogen and oxygen atoms in total. The van der Waals surface area contributed by atoms with Gasteiger partial charge in [-0.2, -0.15) is 0 Å². The Morgan fingerprint density at radius 3 is 1.43 bits per heavy atom. The second-order valence-corrected chi connectivity index (χ2v) is 14.9. The van der Waals surface area contributed by atoms with Gasteiger partial charge in [-0.15, -0.1) is 0 Å². The van der Waals surface area contributed by atoms with E-state index in [1.165, 1.54) is 89.9 Å². The molecule has 0 aliphatic rings. The highest BCUT2D eigenvalue weighted by molar-refractivity contribution is 5.70. The van der Waals surface area contributed by atoms with Gasteiger partial charge in [-0.05, 0) is 96.3 Å². The molecule has 0 bridgehead atoms. The van der Waals surface area contributed by atoms with Crippen LogP contribution in [0.4, 0.5) is 0 Å². The molecule has 0 aliphatic heterocycles. The zero-order valence-electron chi connectivity index (χ0n) is 36.6. The topological polar surface area (TPSA) is 61.8 Å². The Balaban J connectivity index is 4.39. The molecule has 5 heteroatoms. The number of rotatable bonds is 41. The third-order valence-corrected chi connectivity index (χ3v) is 9.40. The fourth-order valence-electron chi connectivity index (χ4n) is 5.94. The Kier molecular flexibility index (Phi) is 44.0. The van der Waals surface area contributed by atoms with Crippen LogP contribution in [0, 0.1) is 0 Å². The van der Waals surface area contributed by atoms with E-state index in [1.54, 1.807) is 0 Å². The summed E-state index contributed by atoms with van der Waals surface area (Å²) in [5.74, 6) is -0.515. The van der Waals surface area contributed by atoms with Gasteiger partial charge in [0.1, 0.15) is 6.61 Å². The second kappa shape index (κ2) is 46.5. The van der Waals surface area contributed by atoms with Crippen molar-refractivity contribution in [2.45, 2.75) is 207 Å². The summed E-state index contributed by atoms with van der Waals surface area (Å²) in [5, 5.41) is 0. The highest BCUT2D eigenvalue weighted by Crippen LogP contribution is 2.11. The van der Waals surface area contributed by atoms with Crippen molar-refractivity contribution in [1.29, 1.82) is 0 Å². The Bertz CT molecular complexity index is 1060. The van der Waals surface area contributed by atoms with Gasteiger partial charge in [-0.25, -0.2) is 0 Å². The van der Waals surface area contributed by atoms with Crippen LogP contribution in [0.15, 0.2) is 85.1 Å². The quantitative estimate of drug-likeness (QED) is 0.0351. The number of hydrogen-bond acceptors (Lipinski definition) is 5. The maximum atomic E-state index is 12.7. The molecule has 56 heavy (non-hydrogen) atoms. The van der Waals surface area contributed by atoms with Crippen molar-refractivity contribution in [2.75, 3.05) is 19.8 Å². The SMILES string of the molecule is CC/C=C\C/C=C\C/C=C\C/C=C\CCC(=O)OC(COCCCCCCCC/C=C\CCCC)COC(=O)CCCCCCC/C=C\C/C=C\CCCCC. The van der Waals surface area contributed by atoms with E-state index in [0.717, 1.165) is 70.6 Å². The van der Waals surface area contributed by atoms with E-state index in [-0.39, 0.29) is 25.2 Å². The van der Waals surface area contributed by atoms with Gasteiger partial charge in [0, 0.05) is 19.4 Å². The number of carbonyl (C=O) groups excluding carboxylic acids is 2. The zero-order chi connectivity index (χ0) is 40.7. The lowest BCUT2D eigenvalue weighted by Crippen LogP contribution is -2.30. The average molecular weight is 779 g/mol. The van der Waals surface area contributed by atoms with Crippen LogP contribution in [0.3, 0.4) is 0 Å². The molecule has 1 atom stereocenters. The van der Waals surface area contributed by atoms with Gasteiger partial charge in [0.05, 0.1) is 6.61 Å². The highest BCUT2D eigenvalue weighted by Gasteiger charge is 2.17. The van der Waals surface area contributed by atoms with Crippen molar-refractivity contribution in [1.82, 2.24) is 0 Å². The molecular formula is C51H86O5. The van der Waals surface area contributed by atoms with E-state index < -0.39 is 6.10 Å². The molecule has 0 spiro atoms. The van der Waals surface area contributed by atoms with Crippen molar-refractivity contribution in [3.05, 3.63) is 85.1 Å². The average Bonchev–Trinajstić information content (AvgIpc) is 3.20. The fraction of sp³-hybridized carbons (Fsp3) is 0.686. The van der Waals surface area contributed by atoms with Gasteiger partial charge in [-0.3, -0.25) is 9.59 Å². The minimum Gasteiger partial charge on any atom is -0.462 e. The van der Waals surface area contributed by atoms with E-state index in [1.807, 2.05) is 6.08 Å². The molecule has 0 saturated carbocycles. The lowest BCUT2D eigenvalue weighted by Gasteiger charge is -2.18. The molecule has 0 radical (unpaired) electrons. The molecule has 0 amide bonds. The van der Waals surface area contributed by atoms with Crippen molar-refractivity contribution in [3.63, 3.8) is 0 Å². The van der Waals surface area contributed by atoms with Crippen LogP contribution in [-0.4, -0.2) is 37.9 Å². The monoisotopic (exact) mass is 779 g/mol. The Morgan fingerprint density at radius 2 is 0.857 bits per heavy atom. The Labute approximate surface area is 346 Å². The maximum Gasteiger partial charge on any atom is 0.306 e. The van der Waals surface area contributed by atoms with Crippen LogP contribution in [-0.2, 0) is 23.8 Å². The van der Waals surface area contributed by atoms with Gasteiger partial charge in [0.25, 0.3) is 0 Å². The summed E-state index contributed by atoms with van der Waals surface area (Å²) in [6, 6.07) is 0. The van der Waals surface area contributed by atoms with E-state index in [9.17, 15) is 9.59 Å². The molecule has 0 aromatic rings. The normalized spacial score (nSPS) is 13.0. The van der Waals surface area contributed by atoms with Crippen molar-refractivity contribution in [2.24, 2.45) is 0 Å². The number of hydrogen-bond donors (Lipinski definition) is 0. The maximum absolute atomic E-state index is 12.7. The minimum atomic E-state index is -0.584. The highest BCUT2D eigenvalue weighted by atomic mass is 16.6. The predicted octanol–water partition coefficient (Wildman–Crippen LogP) is 15.3. The molecule has 0 heterocycles. The van der Waals surface area contributed by atoms with Crippen LogP contribution in [0.1, 0.15) is 201 Å². The van der Waals surface area contributed by atoms with Crippen LogP contribution < -0.4 is 0 Å². The van der Waals surface area contributed by atoms with Crippen LogP contribution in [0.2, 0.25) is 0 Å². The first kappa shape index (κ1) is 53.1. The number of esters is 2. The van der Waals surface area contributed by atoms with Crippen LogP contribution >= 0.6 is 0 Å². The van der Waals surface area contributed by atoms with Gasteiger partial charge in [0.15, 0.2) is 6.10 Å². The molecule has 1 unspecified atom stereocenters. The third-order valence-electron chi connectivity index (χ3n) is 9.40. The Hall–Kier alpha value is -2.92. The first-order chi connectivity index (χ1) is 27.6. The van der Waals surface area contributed by atoms with E-state index in [0.29, 0.717) is 25.9 Å². The van der Waals surface area contributed by atoms with Crippen LogP contribution in [0.5, 0.6) is 0 Å². The molecule has 0 rings (SSSR count). The van der Waals surface area contributed by atoms with E-state index in [2.05, 4.69) is 99.8 Å². The smallest absolute Gasteiger partial charge is 0.306 e. The first-order valence-corrected chi connectivity index (χ1v) is 23.1. The largest absolute Gasteiger partial charge is 0.462 e. The number of allylic oxidation sites excluding steroid dienone is 14. The van der Waals surface area contributed by atoms with Crippen molar-refractivity contribution < 1.29 is 23.8 Å². The molecule has 0 fully saturated rings. The molecular weight excluding hydrogens is 693 g/mol. The molecule has 0 aromatic heterocycles. The molecule has 0 N–H and O–H groups in total. The first-order valence-electron chi connectivity index (χ1n) is 23.1. The number of unbranched alkanes of at least 4 members (excludes halogenated alkanes) is 16. The number of carbonyl (C=O) groups is 2. The number of ether oxygens (including phenoxy) is 3. The summed E-state index contributed by atoms with van der Waals surface area (Å²) >= 11 is 0. The van der Waals surface area contributed by atoms with Crippen molar-refractivity contribution >= 4 is 11.9 Å². The van der Waals surface area contributed by atoms with Crippen LogP contribution in [0.25, 0.3) is 0 Å². The summed E-state index contributed by atoms with van der Waals surface area (Å²) in [5.41, 5.74) is 0. The van der Waals surface area contributed by atoms with E-state index in [4.69, 9.17) is 14.2 Å². The summed E-state index contributed by atoms with van der Waals surface area (Å²) in [7, 11) is 0. The lowest BCUT2D eigenvalue weighted by atomic mass is 10.1. The third kappa shape index (κ3) is 43.8. The van der Waals surface area contributed by atoms with Gasteiger partial charge < -0.3 is 14.2 Å². The minimum absolute atomic E-state index is 0.0434. The molecule has 320 valence electrons. The summed E-state index contributed by atoms with van der Waals surface area (Å²) in [6.07, 6.45) is 60.2. The molecule has 0 aromatic carbocycles. The van der Waals surface area contributed by atoms with Gasteiger partial charge in [-0.1, -0.05) is 176 Å². The van der Waals surface area contributed by atoms with E-state index >= 15 is 0 Å². The van der Waals surface area contributed by atoms with Gasteiger partial charge >= 0.3 is 11.9 Å². The second-order valence-electron chi connectivity index (χ2n) is 14.9. The Morgan fingerprint density at radius 1 is 0.411 bits per heavy atom. The molecule has 0 aliphatic carbocycles. The fourth-order valence-corrected chi connectivity index (χ4v) is 5.94. The van der Waals surface area contributed by atoms with Gasteiger partial charge in [0.2, 0.25) is 0 Å². The lowest BCUT2D eigenvalue weighted by molar-refractivity contribution is -0.162. The standard InChI is InChI=1S/C51H86O5/c1-4-7-10-13-16-19-22-25-26-28-29-32-35-38-41-44-50(52)55-48-49(47-54-46-43-40-37-34-31-24-21-18-15-12-9-6-3)56-51(53)45-42-39-36-33-30-27-23-20-17-14-11-8-5-2/h8,11,15-20,25-27,30,36,39,49H,4-7,9-10,12-14,21-24,28-29,31-35,37-38,40-48H2,1-3H3/b11-8-,18-15-,19-16-,20-17-,26-25-,30-27-,39-36-. The summed E-state index contributed by atoms with van der Waals surface area (Å²) in [4.78, 5) is 25.2. The van der Waals surface area contributed by atoms with Crippen molar-refractivity contribution in [3.8, 4) is 0 Å². The summed E-state index contributed by atoms with van der Waals surface area (Å²) in [6.45, 7) is 7.53. The predicted molar refractivity (Wildman–Crippen MR) is 242 cm³/mol.